The number of nitrogens with zero attached hydrogens (tertiary/aromatic N) is 1. The van der Waals surface area contributed by atoms with Crippen LogP contribution in [0.1, 0.15) is 37.2 Å². The number of amides is 1. The summed E-state index contributed by atoms with van der Waals surface area (Å²) in [5.74, 6) is 0.260. The van der Waals surface area contributed by atoms with Crippen LogP contribution >= 0.6 is 15.9 Å². The van der Waals surface area contributed by atoms with Crippen LogP contribution in [0.3, 0.4) is 0 Å². The predicted octanol–water partition coefficient (Wildman–Crippen LogP) is 1.70. The van der Waals surface area contributed by atoms with E-state index in [-0.39, 0.29) is 22.0 Å². The van der Waals surface area contributed by atoms with Crippen LogP contribution in [0.25, 0.3) is 0 Å². The second kappa shape index (κ2) is 7.31. The summed E-state index contributed by atoms with van der Waals surface area (Å²) in [4.78, 5) is 22.8. The summed E-state index contributed by atoms with van der Waals surface area (Å²) in [6, 6.07) is 2.70. The molecule has 100 valence electrons. The SMILES string of the molecule is CCC(CC)C(Br)CNC(=O)c1ccc(=O)[nH]n1. The molecule has 0 spiro atoms. The third-order valence-electron chi connectivity index (χ3n) is 2.93. The minimum atomic E-state index is -0.318. The van der Waals surface area contributed by atoms with Crippen LogP contribution in [-0.4, -0.2) is 27.5 Å². The van der Waals surface area contributed by atoms with Gasteiger partial charge in [0.05, 0.1) is 0 Å². The van der Waals surface area contributed by atoms with Crippen LogP contribution in [-0.2, 0) is 0 Å². The summed E-state index contributed by atoms with van der Waals surface area (Å²) in [6.07, 6.45) is 2.14. The Morgan fingerprint density at radius 1 is 1.44 bits per heavy atom. The van der Waals surface area contributed by atoms with Crippen LogP contribution < -0.4 is 10.9 Å². The van der Waals surface area contributed by atoms with E-state index in [4.69, 9.17) is 0 Å². The summed E-state index contributed by atoms with van der Waals surface area (Å²) in [6.45, 7) is 4.81. The standard InChI is InChI=1S/C12H18BrN3O2/c1-3-8(4-2)9(13)7-14-12(18)10-5-6-11(17)16-15-10/h5-6,8-9H,3-4,7H2,1-2H3,(H,14,18)(H,16,17). The molecule has 1 amide bonds. The highest BCUT2D eigenvalue weighted by molar-refractivity contribution is 9.09. The quantitative estimate of drug-likeness (QED) is 0.785. The first-order valence-corrected chi connectivity index (χ1v) is 6.98. The molecule has 0 fully saturated rings. The molecule has 1 heterocycles. The van der Waals surface area contributed by atoms with Gasteiger partial charge in [0, 0.05) is 17.4 Å². The van der Waals surface area contributed by atoms with Gasteiger partial charge in [-0.25, -0.2) is 5.10 Å². The molecule has 2 N–H and O–H groups in total. The predicted molar refractivity (Wildman–Crippen MR) is 74.0 cm³/mol. The first-order valence-electron chi connectivity index (χ1n) is 6.06. The van der Waals surface area contributed by atoms with Gasteiger partial charge in [0.1, 0.15) is 5.69 Å². The Labute approximate surface area is 114 Å². The van der Waals surface area contributed by atoms with Crippen molar-refractivity contribution < 1.29 is 4.79 Å². The van der Waals surface area contributed by atoms with Crippen molar-refractivity contribution in [3.63, 3.8) is 0 Å². The van der Waals surface area contributed by atoms with Crippen molar-refractivity contribution in [1.29, 1.82) is 0 Å². The lowest BCUT2D eigenvalue weighted by Gasteiger charge is -2.19. The highest BCUT2D eigenvalue weighted by atomic mass is 79.9. The maximum atomic E-state index is 11.7. The van der Waals surface area contributed by atoms with Crippen molar-refractivity contribution in [2.75, 3.05) is 6.54 Å². The van der Waals surface area contributed by atoms with Gasteiger partial charge in [-0.3, -0.25) is 9.59 Å². The third kappa shape index (κ3) is 4.25. The first-order chi connectivity index (χ1) is 8.58. The Morgan fingerprint density at radius 2 is 2.11 bits per heavy atom. The van der Waals surface area contributed by atoms with Crippen molar-refractivity contribution in [3.8, 4) is 0 Å². The molecule has 0 aromatic carbocycles. The minimum Gasteiger partial charge on any atom is -0.350 e. The Morgan fingerprint density at radius 3 is 2.61 bits per heavy atom. The first kappa shape index (κ1) is 14.9. The lowest BCUT2D eigenvalue weighted by molar-refractivity contribution is 0.0946. The Balaban J connectivity index is 2.51. The molecular formula is C12H18BrN3O2. The zero-order valence-corrected chi connectivity index (χ0v) is 12.2. The number of hydrogen-bond acceptors (Lipinski definition) is 3. The highest BCUT2D eigenvalue weighted by Crippen LogP contribution is 2.19. The lowest BCUT2D eigenvalue weighted by atomic mass is 9.99. The molecule has 18 heavy (non-hydrogen) atoms. The molecule has 0 aliphatic carbocycles. The zero-order valence-electron chi connectivity index (χ0n) is 10.6. The van der Waals surface area contributed by atoms with E-state index in [9.17, 15) is 9.59 Å². The molecule has 0 saturated heterocycles. The number of carbonyl (C=O) groups is 1. The van der Waals surface area contributed by atoms with Crippen LogP contribution in [0.4, 0.5) is 0 Å². The van der Waals surface area contributed by atoms with Gasteiger partial charge in [0.2, 0.25) is 0 Å². The minimum absolute atomic E-state index is 0.221. The van der Waals surface area contributed by atoms with Crippen LogP contribution in [0, 0.1) is 5.92 Å². The number of hydrogen-bond donors (Lipinski definition) is 2. The molecule has 5 nitrogen and oxygen atoms in total. The molecule has 1 atom stereocenters. The molecular weight excluding hydrogens is 298 g/mol. The van der Waals surface area contributed by atoms with Crippen molar-refractivity contribution in [2.45, 2.75) is 31.5 Å². The van der Waals surface area contributed by atoms with Gasteiger partial charge in [0.15, 0.2) is 0 Å². The van der Waals surface area contributed by atoms with E-state index in [1.54, 1.807) is 0 Å². The van der Waals surface area contributed by atoms with Gasteiger partial charge in [-0.15, -0.1) is 0 Å². The number of aromatic nitrogens is 2. The third-order valence-corrected chi connectivity index (χ3v) is 4.00. The van der Waals surface area contributed by atoms with Gasteiger partial charge < -0.3 is 5.32 Å². The van der Waals surface area contributed by atoms with E-state index < -0.39 is 0 Å². The summed E-state index contributed by atoms with van der Waals surface area (Å²) in [5.41, 5.74) is -0.0965. The molecule has 1 rings (SSSR count). The van der Waals surface area contributed by atoms with Crippen molar-refractivity contribution in [3.05, 3.63) is 28.2 Å². The van der Waals surface area contributed by atoms with Crippen LogP contribution in [0.5, 0.6) is 0 Å². The highest BCUT2D eigenvalue weighted by Gasteiger charge is 2.16. The average Bonchev–Trinajstić information content (AvgIpc) is 2.38. The molecule has 0 saturated carbocycles. The fourth-order valence-corrected chi connectivity index (χ4v) is 2.63. The fraction of sp³-hybridized carbons (Fsp3) is 0.583. The number of aromatic amines is 1. The molecule has 0 radical (unpaired) electrons. The number of halogens is 1. The summed E-state index contributed by atoms with van der Waals surface area (Å²) < 4.78 is 0. The van der Waals surface area contributed by atoms with Crippen molar-refractivity contribution in [2.24, 2.45) is 5.92 Å². The van der Waals surface area contributed by atoms with Crippen molar-refractivity contribution >= 4 is 21.8 Å². The van der Waals surface area contributed by atoms with Gasteiger partial charge in [-0.1, -0.05) is 42.6 Å². The largest absolute Gasteiger partial charge is 0.350 e. The van der Waals surface area contributed by atoms with Gasteiger partial charge in [-0.05, 0) is 12.0 Å². The fourth-order valence-electron chi connectivity index (χ4n) is 1.72. The molecule has 0 bridgehead atoms. The van der Waals surface area contributed by atoms with E-state index >= 15 is 0 Å². The molecule has 1 unspecified atom stereocenters. The monoisotopic (exact) mass is 315 g/mol. The summed E-state index contributed by atoms with van der Waals surface area (Å²) in [7, 11) is 0. The molecule has 6 heteroatoms. The number of rotatable bonds is 6. The van der Waals surface area contributed by atoms with Gasteiger partial charge in [-0.2, -0.15) is 5.10 Å². The number of alkyl halides is 1. The van der Waals surface area contributed by atoms with Gasteiger partial charge >= 0.3 is 0 Å². The maximum absolute atomic E-state index is 11.7. The van der Waals surface area contributed by atoms with E-state index in [0.717, 1.165) is 12.8 Å². The van der Waals surface area contributed by atoms with E-state index in [0.29, 0.717) is 12.5 Å². The summed E-state index contributed by atoms with van der Waals surface area (Å²) in [5, 5.41) is 8.71. The molecule has 0 aliphatic rings. The second-order valence-electron chi connectivity index (χ2n) is 4.11. The lowest BCUT2D eigenvalue weighted by Crippen LogP contribution is -2.33. The topological polar surface area (TPSA) is 74.8 Å². The Bertz CT molecular complexity index is 423. The number of H-pyrrole nitrogens is 1. The van der Waals surface area contributed by atoms with Gasteiger partial charge in [0.25, 0.3) is 11.5 Å². The molecule has 1 aromatic rings. The number of nitrogens with one attached hydrogen (secondary N) is 2. The van der Waals surface area contributed by atoms with E-state index in [2.05, 4.69) is 45.3 Å². The van der Waals surface area contributed by atoms with Crippen LogP contribution in [0.15, 0.2) is 16.9 Å². The molecule has 1 aromatic heterocycles. The normalized spacial score (nSPS) is 12.4. The zero-order chi connectivity index (χ0) is 13.5. The molecule has 0 aliphatic heterocycles. The number of carbonyl (C=O) groups excluding carboxylic acids is 1. The van der Waals surface area contributed by atoms with E-state index in [1.807, 2.05) is 0 Å². The van der Waals surface area contributed by atoms with E-state index in [1.165, 1.54) is 12.1 Å². The smallest absolute Gasteiger partial charge is 0.271 e. The average molecular weight is 316 g/mol. The maximum Gasteiger partial charge on any atom is 0.271 e. The Hall–Kier alpha value is -1.17. The van der Waals surface area contributed by atoms with Crippen LogP contribution in [0.2, 0.25) is 0 Å². The Kier molecular flexibility index (Phi) is 6.04. The van der Waals surface area contributed by atoms with Crippen molar-refractivity contribution in [1.82, 2.24) is 15.5 Å². The second-order valence-corrected chi connectivity index (χ2v) is 5.29. The summed E-state index contributed by atoms with van der Waals surface area (Å²) >= 11 is 3.58.